The lowest BCUT2D eigenvalue weighted by atomic mass is 10.1. The first-order valence-corrected chi connectivity index (χ1v) is 10.0. The largest absolute Gasteiger partial charge is 0.368 e. The summed E-state index contributed by atoms with van der Waals surface area (Å²) in [5.74, 6) is 0.924. The normalized spacial score (nSPS) is 14.0. The summed E-state index contributed by atoms with van der Waals surface area (Å²) in [5.41, 5.74) is 4.31. The third-order valence-corrected chi connectivity index (χ3v) is 5.21. The maximum absolute atomic E-state index is 12.2. The average Bonchev–Trinajstić information content (AvgIpc) is 2.75. The van der Waals surface area contributed by atoms with Crippen LogP contribution in [0.4, 0.5) is 17.2 Å². The molecule has 1 aromatic heterocycles. The molecule has 3 aromatic rings. The van der Waals surface area contributed by atoms with Crippen molar-refractivity contribution < 1.29 is 4.79 Å². The van der Waals surface area contributed by atoms with Gasteiger partial charge in [-0.05, 0) is 42.3 Å². The van der Waals surface area contributed by atoms with Gasteiger partial charge >= 0.3 is 0 Å². The fourth-order valence-electron chi connectivity index (χ4n) is 3.65. The van der Waals surface area contributed by atoms with Crippen molar-refractivity contribution in [3.05, 3.63) is 84.1 Å². The molecule has 148 valence electrons. The summed E-state index contributed by atoms with van der Waals surface area (Å²) >= 11 is 0. The summed E-state index contributed by atoms with van der Waals surface area (Å²) in [7, 11) is 0. The van der Waals surface area contributed by atoms with Gasteiger partial charge in [0.05, 0.1) is 18.3 Å². The molecule has 29 heavy (non-hydrogen) atoms. The minimum atomic E-state index is -0.0301. The highest BCUT2D eigenvalue weighted by molar-refractivity contribution is 5.92. The monoisotopic (exact) mass is 386 g/mol. The average molecular weight is 386 g/mol. The Morgan fingerprint density at radius 2 is 1.69 bits per heavy atom. The zero-order valence-corrected chi connectivity index (χ0v) is 16.7. The Labute approximate surface area is 172 Å². The second-order valence-electron chi connectivity index (χ2n) is 7.43. The van der Waals surface area contributed by atoms with Crippen molar-refractivity contribution in [2.45, 2.75) is 13.3 Å². The molecule has 2 aromatic carbocycles. The summed E-state index contributed by atoms with van der Waals surface area (Å²) < 4.78 is 0. The third kappa shape index (κ3) is 4.93. The van der Waals surface area contributed by atoms with Gasteiger partial charge in [0.1, 0.15) is 5.82 Å². The summed E-state index contributed by atoms with van der Waals surface area (Å²) in [5, 5.41) is 2.93. The minimum absolute atomic E-state index is 0.0301. The Kier molecular flexibility index (Phi) is 5.75. The number of carbonyl (C=O) groups excluding carboxylic acids is 1. The molecule has 5 heteroatoms. The van der Waals surface area contributed by atoms with E-state index < -0.39 is 0 Å². The van der Waals surface area contributed by atoms with E-state index in [1.165, 1.54) is 11.3 Å². The van der Waals surface area contributed by atoms with Crippen LogP contribution in [0.3, 0.4) is 0 Å². The van der Waals surface area contributed by atoms with Crippen LogP contribution in [0.5, 0.6) is 0 Å². The number of benzene rings is 2. The first kappa shape index (κ1) is 19.0. The number of pyridine rings is 1. The fraction of sp³-hybridized carbons (Fsp3) is 0.250. The number of aryl methyl sites for hydroxylation is 1. The van der Waals surface area contributed by atoms with Gasteiger partial charge in [0, 0.05) is 31.9 Å². The number of piperazine rings is 1. The fourth-order valence-corrected chi connectivity index (χ4v) is 3.65. The van der Waals surface area contributed by atoms with Gasteiger partial charge in [-0.1, -0.05) is 42.5 Å². The lowest BCUT2D eigenvalue weighted by molar-refractivity contribution is -0.115. The summed E-state index contributed by atoms with van der Waals surface area (Å²) in [4.78, 5) is 21.5. The molecule has 5 nitrogen and oxygen atoms in total. The number of hydrogen-bond donors (Lipinski definition) is 1. The summed E-state index contributed by atoms with van der Waals surface area (Å²) in [6.45, 7) is 5.94. The van der Waals surface area contributed by atoms with Gasteiger partial charge in [-0.25, -0.2) is 4.98 Å². The van der Waals surface area contributed by atoms with E-state index in [1.54, 1.807) is 6.20 Å². The van der Waals surface area contributed by atoms with E-state index in [0.29, 0.717) is 6.42 Å². The summed E-state index contributed by atoms with van der Waals surface area (Å²) in [6, 6.07) is 22.3. The maximum Gasteiger partial charge on any atom is 0.228 e. The van der Waals surface area contributed by atoms with Gasteiger partial charge in [0.2, 0.25) is 5.91 Å². The molecular formula is C24H26N4O. The van der Waals surface area contributed by atoms with E-state index in [-0.39, 0.29) is 5.91 Å². The van der Waals surface area contributed by atoms with Crippen LogP contribution in [0.1, 0.15) is 11.1 Å². The molecule has 1 saturated heterocycles. The Balaban J connectivity index is 1.31. The topological polar surface area (TPSA) is 48.5 Å². The highest BCUT2D eigenvalue weighted by Crippen LogP contribution is 2.21. The van der Waals surface area contributed by atoms with Crippen LogP contribution in [0, 0.1) is 6.92 Å². The van der Waals surface area contributed by atoms with Crippen LogP contribution >= 0.6 is 0 Å². The van der Waals surface area contributed by atoms with Gasteiger partial charge in [-0.15, -0.1) is 0 Å². The molecular weight excluding hydrogens is 360 g/mol. The molecule has 2 heterocycles. The van der Waals surface area contributed by atoms with E-state index in [9.17, 15) is 4.79 Å². The highest BCUT2D eigenvalue weighted by Gasteiger charge is 2.18. The number of aromatic nitrogens is 1. The van der Waals surface area contributed by atoms with Crippen molar-refractivity contribution in [1.29, 1.82) is 0 Å². The molecule has 4 rings (SSSR count). The molecule has 1 amide bonds. The standard InChI is InChI=1S/C24H26N4O/c1-19-6-5-9-22(16-19)27-12-14-28(15-13-27)23-11-10-21(18-25-23)26-24(29)17-20-7-3-2-4-8-20/h2-11,16,18H,12-15,17H2,1H3,(H,26,29). The smallest absolute Gasteiger partial charge is 0.228 e. The van der Waals surface area contributed by atoms with Crippen molar-refractivity contribution in [3.63, 3.8) is 0 Å². The van der Waals surface area contributed by atoms with E-state index in [1.807, 2.05) is 42.5 Å². The molecule has 1 aliphatic rings. The summed E-state index contributed by atoms with van der Waals surface area (Å²) in [6.07, 6.45) is 2.11. The second-order valence-corrected chi connectivity index (χ2v) is 7.43. The molecule has 1 fully saturated rings. The number of nitrogens with zero attached hydrogens (tertiary/aromatic N) is 3. The molecule has 0 radical (unpaired) electrons. The Hall–Kier alpha value is -3.34. The Bertz CT molecular complexity index is 948. The van der Waals surface area contributed by atoms with E-state index in [0.717, 1.165) is 43.2 Å². The van der Waals surface area contributed by atoms with Crippen LogP contribution in [0.2, 0.25) is 0 Å². The number of anilines is 3. The molecule has 1 N–H and O–H groups in total. The minimum Gasteiger partial charge on any atom is -0.368 e. The zero-order valence-electron chi connectivity index (χ0n) is 16.7. The van der Waals surface area contributed by atoms with Gasteiger partial charge < -0.3 is 15.1 Å². The van der Waals surface area contributed by atoms with E-state index in [2.05, 4.69) is 51.3 Å². The first-order chi connectivity index (χ1) is 14.2. The lowest BCUT2D eigenvalue weighted by Gasteiger charge is -2.36. The Morgan fingerprint density at radius 3 is 2.38 bits per heavy atom. The van der Waals surface area contributed by atoms with Gasteiger partial charge in [0.25, 0.3) is 0 Å². The van der Waals surface area contributed by atoms with Gasteiger partial charge in [-0.3, -0.25) is 4.79 Å². The number of nitrogens with one attached hydrogen (secondary N) is 1. The van der Waals surface area contributed by atoms with E-state index >= 15 is 0 Å². The molecule has 0 aliphatic carbocycles. The molecule has 0 atom stereocenters. The molecule has 1 aliphatic heterocycles. The van der Waals surface area contributed by atoms with Crippen LogP contribution in [0.25, 0.3) is 0 Å². The van der Waals surface area contributed by atoms with Crippen LogP contribution in [0.15, 0.2) is 72.9 Å². The number of rotatable bonds is 5. The van der Waals surface area contributed by atoms with Crippen molar-refractivity contribution in [3.8, 4) is 0 Å². The van der Waals surface area contributed by atoms with Crippen LogP contribution in [-0.2, 0) is 11.2 Å². The predicted molar refractivity (Wildman–Crippen MR) is 119 cm³/mol. The molecule has 0 spiro atoms. The van der Waals surface area contributed by atoms with Gasteiger partial charge in [0.15, 0.2) is 0 Å². The Morgan fingerprint density at radius 1 is 0.931 bits per heavy atom. The predicted octanol–water partition coefficient (Wildman–Crippen LogP) is 3.90. The second kappa shape index (κ2) is 8.78. The zero-order chi connectivity index (χ0) is 20.1. The number of hydrogen-bond acceptors (Lipinski definition) is 4. The number of amides is 1. The number of carbonyl (C=O) groups is 1. The molecule has 0 bridgehead atoms. The molecule has 0 unspecified atom stereocenters. The quantitative estimate of drug-likeness (QED) is 0.723. The van der Waals surface area contributed by atoms with Crippen LogP contribution in [-0.4, -0.2) is 37.1 Å². The van der Waals surface area contributed by atoms with Gasteiger partial charge in [-0.2, -0.15) is 0 Å². The van der Waals surface area contributed by atoms with Crippen molar-refractivity contribution >= 4 is 23.1 Å². The first-order valence-electron chi connectivity index (χ1n) is 10.0. The van der Waals surface area contributed by atoms with Crippen molar-refractivity contribution in [1.82, 2.24) is 4.98 Å². The van der Waals surface area contributed by atoms with Crippen molar-refractivity contribution in [2.24, 2.45) is 0 Å². The highest BCUT2D eigenvalue weighted by atomic mass is 16.1. The van der Waals surface area contributed by atoms with Crippen molar-refractivity contribution in [2.75, 3.05) is 41.3 Å². The van der Waals surface area contributed by atoms with Crippen LogP contribution < -0.4 is 15.1 Å². The van der Waals surface area contributed by atoms with E-state index in [4.69, 9.17) is 0 Å². The SMILES string of the molecule is Cc1cccc(N2CCN(c3ccc(NC(=O)Cc4ccccc4)cn3)CC2)c1. The maximum atomic E-state index is 12.2. The molecule has 0 saturated carbocycles. The third-order valence-electron chi connectivity index (χ3n) is 5.21. The lowest BCUT2D eigenvalue weighted by Crippen LogP contribution is -2.46.